The summed E-state index contributed by atoms with van der Waals surface area (Å²) in [5, 5.41) is 3.19. The van der Waals surface area contributed by atoms with Crippen LogP contribution in [-0.4, -0.2) is 7.05 Å². The first-order valence-electron chi connectivity index (χ1n) is 6.09. The molecule has 0 saturated heterocycles. The Morgan fingerprint density at radius 1 is 0.941 bits per heavy atom. The predicted octanol–water partition coefficient (Wildman–Crippen LogP) is 4.52. The fourth-order valence-electron chi connectivity index (χ4n) is 2.11. The van der Waals surface area contributed by atoms with Crippen LogP contribution in [0, 0.1) is 0 Å². The van der Waals surface area contributed by atoms with Gasteiger partial charge in [0.1, 0.15) is 0 Å². The number of anilines is 1. The molecule has 1 heteroatoms. The topological polar surface area (TPSA) is 12.0 Å². The Balaban J connectivity index is 2.52. The first-order chi connectivity index (χ1) is 8.22. The lowest BCUT2D eigenvalue weighted by Crippen LogP contribution is -1.93. The predicted molar refractivity (Wildman–Crippen MR) is 75.5 cm³/mol. The Hall–Kier alpha value is -1.76. The van der Waals surface area contributed by atoms with Gasteiger partial charge in [-0.1, -0.05) is 50.2 Å². The molecule has 88 valence electrons. The van der Waals surface area contributed by atoms with Gasteiger partial charge in [-0.25, -0.2) is 0 Å². The van der Waals surface area contributed by atoms with E-state index in [2.05, 4.69) is 67.7 Å². The van der Waals surface area contributed by atoms with Crippen molar-refractivity contribution in [3.05, 3.63) is 54.1 Å². The molecule has 1 nitrogen and oxygen atoms in total. The molecule has 17 heavy (non-hydrogen) atoms. The average molecular weight is 225 g/mol. The molecule has 0 aromatic heterocycles. The van der Waals surface area contributed by atoms with Crippen LogP contribution in [0.15, 0.2) is 48.5 Å². The van der Waals surface area contributed by atoms with Crippen LogP contribution >= 0.6 is 0 Å². The zero-order valence-corrected chi connectivity index (χ0v) is 10.7. The molecule has 0 atom stereocenters. The first-order valence-corrected chi connectivity index (χ1v) is 6.09. The van der Waals surface area contributed by atoms with Gasteiger partial charge in [0.05, 0.1) is 0 Å². The third-order valence-corrected chi connectivity index (χ3v) is 3.05. The molecule has 0 bridgehead atoms. The maximum atomic E-state index is 3.19. The minimum atomic E-state index is 0.546. The number of hydrogen-bond donors (Lipinski definition) is 1. The van der Waals surface area contributed by atoms with E-state index in [-0.39, 0.29) is 0 Å². The van der Waals surface area contributed by atoms with Crippen LogP contribution in [0.4, 0.5) is 5.69 Å². The molecule has 2 rings (SSSR count). The molecule has 0 saturated carbocycles. The molecule has 2 aromatic rings. The Bertz CT molecular complexity index is 500. The minimum absolute atomic E-state index is 0.546. The Morgan fingerprint density at radius 3 is 2.41 bits per heavy atom. The van der Waals surface area contributed by atoms with Crippen molar-refractivity contribution in [2.45, 2.75) is 19.8 Å². The molecule has 0 aliphatic carbocycles. The quantitative estimate of drug-likeness (QED) is 0.810. The molecule has 0 aliphatic heterocycles. The summed E-state index contributed by atoms with van der Waals surface area (Å²) in [7, 11) is 1.95. The van der Waals surface area contributed by atoms with Crippen molar-refractivity contribution in [2.24, 2.45) is 0 Å². The van der Waals surface area contributed by atoms with E-state index in [0.717, 1.165) is 5.69 Å². The van der Waals surface area contributed by atoms with Crippen LogP contribution in [0.5, 0.6) is 0 Å². The van der Waals surface area contributed by atoms with Gasteiger partial charge < -0.3 is 5.32 Å². The van der Waals surface area contributed by atoms with E-state index in [9.17, 15) is 0 Å². The van der Waals surface area contributed by atoms with Crippen LogP contribution in [0.2, 0.25) is 0 Å². The van der Waals surface area contributed by atoms with Crippen molar-refractivity contribution >= 4 is 5.69 Å². The van der Waals surface area contributed by atoms with Crippen molar-refractivity contribution < 1.29 is 0 Å². The van der Waals surface area contributed by atoms with Crippen LogP contribution in [0.25, 0.3) is 11.1 Å². The van der Waals surface area contributed by atoms with Gasteiger partial charge in [0, 0.05) is 12.7 Å². The zero-order chi connectivity index (χ0) is 12.3. The van der Waals surface area contributed by atoms with Gasteiger partial charge in [0.2, 0.25) is 0 Å². The second-order valence-corrected chi connectivity index (χ2v) is 4.57. The molecule has 2 aromatic carbocycles. The Kier molecular flexibility index (Phi) is 3.48. The normalized spacial score (nSPS) is 10.6. The van der Waals surface area contributed by atoms with Crippen LogP contribution in [-0.2, 0) is 0 Å². The van der Waals surface area contributed by atoms with E-state index in [4.69, 9.17) is 0 Å². The smallest absolute Gasteiger partial charge is 0.0343 e. The summed E-state index contributed by atoms with van der Waals surface area (Å²) in [5.74, 6) is 0.546. The summed E-state index contributed by atoms with van der Waals surface area (Å²) >= 11 is 0. The fourth-order valence-corrected chi connectivity index (χ4v) is 2.11. The summed E-state index contributed by atoms with van der Waals surface area (Å²) in [6.45, 7) is 4.47. The van der Waals surface area contributed by atoms with Crippen molar-refractivity contribution in [1.82, 2.24) is 0 Å². The average Bonchev–Trinajstić information content (AvgIpc) is 2.39. The molecule has 0 heterocycles. The summed E-state index contributed by atoms with van der Waals surface area (Å²) in [5.41, 5.74) is 5.17. The van der Waals surface area contributed by atoms with Gasteiger partial charge in [0.15, 0.2) is 0 Å². The minimum Gasteiger partial charge on any atom is -0.388 e. The molecule has 0 fully saturated rings. The van der Waals surface area contributed by atoms with Crippen molar-refractivity contribution in [3.8, 4) is 11.1 Å². The van der Waals surface area contributed by atoms with Gasteiger partial charge in [-0.2, -0.15) is 0 Å². The van der Waals surface area contributed by atoms with Crippen LogP contribution in [0.3, 0.4) is 0 Å². The largest absolute Gasteiger partial charge is 0.388 e. The van der Waals surface area contributed by atoms with Gasteiger partial charge >= 0.3 is 0 Å². The molecule has 0 unspecified atom stereocenters. The lowest BCUT2D eigenvalue weighted by molar-refractivity contribution is 0.869. The molecule has 0 aliphatic rings. The lowest BCUT2D eigenvalue weighted by atomic mass is 9.92. The first kappa shape index (κ1) is 11.7. The highest BCUT2D eigenvalue weighted by molar-refractivity contribution is 5.71. The van der Waals surface area contributed by atoms with E-state index in [1.165, 1.54) is 16.7 Å². The van der Waals surface area contributed by atoms with Gasteiger partial charge in [-0.3, -0.25) is 0 Å². The highest BCUT2D eigenvalue weighted by Gasteiger charge is 2.07. The lowest BCUT2D eigenvalue weighted by Gasteiger charge is -2.13. The summed E-state index contributed by atoms with van der Waals surface area (Å²) < 4.78 is 0. The van der Waals surface area contributed by atoms with E-state index >= 15 is 0 Å². The molecule has 0 amide bonds. The third-order valence-electron chi connectivity index (χ3n) is 3.05. The van der Waals surface area contributed by atoms with Crippen molar-refractivity contribution in [3.63, 3.8) is 0 Å². The van der Waals surface area contributed by atoms with Crippen LogP contribution < -0.4 is 5.32 Å². The Morgan fingerprint density at radius 2 is 1.71 bits per heavy atom. The molecular weight excluding hydrogens is 206 g/mol. The van der Waals surface area contributed by atoms with Gasteiger partial charge in [-0.05, 0) is 34.7 Å². The number of benzene rings is 2. The number of rotatable bonds is 3. The summed E-state index contributed by atoms with van der Waals surface area (Å²) in [4.78, 5) is 0. The summed E-state index contributed by atoms with van der Waals surface area (Å²) in [6, 6.07) is 17.2. The zero-order valence-electron chi connectivity index (χ0n) is 10.7. The molecule has 0 radical (unpaired) electrons. The fraction of sp³-hybridized carbons (Fsp3) is 0.250. The van der Waals surface area contributed by atoms with Crippen molar-refractivity contribution in [2.75, 3.05) is 12.4 Å². The maximum Gasteiger partial charge on any atom is 0.0343 e. The maximum absolute atomic E-state index is 3.19. The monoisotopic (exact) mass is 225 g/mol. The van der Waals surface area contributed by atoms with E-state index in [1.54, 1.807) is 0 Å². The van der Waals surface area contributed by atoms with E-state index in [0.29, 0.717) is 5.92 Å². The van der Waals surface area contributed by atoms with Gasteiger partial charge in [0.25, 0.3) is 0 Å². The van der Waals surface area contributed by atoms with Crippen molar-refractivity contribution in [1.29, 1.82) is 0 Å². The molecule has 0 spiro atoms. The van der Waals surface area contributed by atoms with Gasteiger partial charge in [-0.15, -0.1) is 0 Å². The highest BCUT2D eigenvalue weighted by Crippen LogP contribution is 2.30. The highest BCUT2D eigenvalue weighted by atomic mass is 14.8. The van der Waals surface area contributed by atoms with E-state index < -0.39 is 0 Å². The van der Waals surface area contributed by atoms with E-state index in [1.807, 2.05) is 7.05 Å². The van der Waals surface area contributed by atoms with Crippen LogP contribution in [0.1, 0.15) is 25.3 Å². The second-order valence-electron chi connectivity index (χ2n) is 4.57. The SMILES string of the molecule is CNc1cccc(-c2ccccc2C(C)C)c1. The molecule has 1 N–H and O–H groups in total. The summed E-state index contributed by atoms with van der Waals surface area (Å²) in [6.07, 6.45) is 0. The third kappa shape index (κ3) is 2.50. The number of hydrogen-bond acceptors (Lipinski definition) is 1. The molecular formula is C16H19N. The Labute approximate surface area is 103 Å². The number of nitrogens with one attached hydrogen (secondary N) is 1. The second kappa shape index (κ2) is 5.05. The standard InChI is InChI=1S/C16H19N/c1-12(2)15-9-4-5-10-16(15)13-7-6-8-14(11-13)17-3/h4-12,17H,1-3H3.